The van der Waals surface area contributed by atoms with Crippen LogP contribution in [0, 0.1) is 40.4 Å². The molecule has 0 amide bonds. The largest absolute Gasteiger partial charge is 0.458 e. The van der Waals surface area contributed by atoms with E-state index in [1.165, 1.54) is 6.92 Å². The smallest absolute Gasteiger partial charge is 0.333 e. The van der Waals surface area contributed by atoms with Gasteiger partial charge in [0.25, 0.3) is 0 Å². The van der Waals surface area contributed by atoms with Crippen LogP contribution in [0.1, 0.15) is 86.5 Å². The van der Waals surface area contributed by atoms with Crippen LogP contribution in [-0.4, -0.2) is 151 Å². The molecule has 15 heteroatoms. The second-order valence-electron chi connectivity index (χ2n) is 18.9. The van der Waals surface area contributed by atoms with E-state index in [4.69, 9.17) is 28.4 Å². The summed E-state index contributed by atoms with van der Waals surface area (Å²) in [6.45, 7) is 11.3. The highest BCUT2D eigenvalue weighted by Crippen LogP contribution is 2.73. The molecule has 312 valence electrons. The molecule has 15 nitrogen and oxygen atoms in total. The second kappa shape index (κ2) is 14.2. The summed E-state index contributed by atoms with van der Waals surface area (Å²) in [6.07, 6.45) is -12.5. The summed E-state index contributed by atoms with van der Waals surface area (Å²) in [6, 6.07) is 0. The lowest BCUT2D eigenvalue weighted by Gasteiger charge is -2.64. The van der Waals surface area contributed by atoms with Crippen molar-refractivity contribution in [2.75, 3.05) is 6.61 Å². The second-order valence-corrected chi connectivity index (χ2v) is 18.9. The highest BCUT2D eigenvalue weighted by atomic mass is 16.7. The van der Waals surface area contributed by atoms with E-state index in [2.05, 4.69) is 13.8 Å². The summed E-state index contributed by atoms with van der Waals surface area (Å²) in [5.74, 6) is 0.779. The van der Waals surface area contributed by atoms with Crippen LogP contribution in [0.5, 0.6) is 0 Å². The first-order chi connectivity index (χ1) is 25.9. The molecule has 23 unspecified atom stereocenters. The average Bonchev–Trinajstić information content (AvgIpc) is 3.88. The third-order valence-corrected chi connectivity index (χ3v) is 16.4. The zero-order valence-corrected chi connectivity index (χ0v) is 32.6. The average molecular weight is 783 g/mol. The van der Waals surface area contributed by atoms with Crippen molar-refractivity contribution in [2.45, 2.75) is 184 Å². The standard InChI is InChI=1S/C40H62O15/c1-15-11-23(52-35(48)16(15)2)17(3)20-7-8-21-26-22(9-10-38(20,21)5)39(6)25(42)12-19(13-40(39,49)34-33(26)54-34)51-37-31(47)29(45)32(24(14-41)53-37)55-36-30(46)28(44)27(43)18(4)50-36/h17-34,36-37,41-47,49H,7-14H2,1-6H3. The van der Waals surface area contributed by atoms with Gasteiger partial charge >= 0.3 is 5.97 Å². The van der Waals surface area contributed by atoms with Crippen molar-refractivity contribution >= 4 is 5.97 Å². The van der Waals surface area contributed by atoms with Gasteiger partial charge in [-0.1, -0.05) is 26.3 Å². The van der Waals surface area contributed by atoms with E-state index in [9.17, 15) is 45.6 Å². The minimum Gasteiger partial charge on any atom is -0.458 e. The Morgan fingerprint density at radius 3 is 2.25 bits per heavy atom. The van der Waals surface area contributed by atoms with E-state index in [0.29, 0.717) is 17.4 Å². The summed E-state index contributed by atoms with van der Waals surface area (Å²) in [7, 11) is 0. The number of epoxide rings is 1. The van der Waals surface area contributed by atoms with Crippen molar-refractivity contribution < 1.29 is 74.1 Å². The van der Waals surface area contributed by atoms with Crippen molar-refractivity contribution in [1.29, 1.82) is 0 Å². The topological polar surface area (TPSA) is 238 Å². The molecule has 55 heavy (non-hydrogen) atoms. The Balaban J connectivity index is 0.953. The molecule has 4 saturated carbocycles. The van der Waals surface area contributed by atoms with Crippen molar-refractivity contribution in [3.8, 4) is 0 Å². The normalized spacial score (nSPS) is 56.8. The van der Waals surface area contributed by atoms with E-state index in [-0.39, 0.29) is 54.2 Å². The van der Waals surface area contributed by atoms with Crippen molar-refractivity contribution in [2.24, 2.45) is 40.4 Å². The van der Waals surface area contributed by atoms with E-state index < -0.39 is 97.3 Å². The molecule has 0 aromatic heterocycles. The lowest BCUT2D eigenvalue weighted by molar-refractivity contribution is -0.365. The molecule has 8 aliphatic rings. The van der Waals surface area contributed by atoms with Crippen LogP contribution >= 0.6 is 0 Å². The first-order valence-electron chi connectivity index (χ1n) is 20.4. The van der Waals surface area contributed by atoms with Crippen LogP contribution in [-0.2, 0) is 33.2 Å². The zero-order valence-electron chi connectivity index (χ0n) is 32.6. The molecule has 4 aliphatic carbocycles. The maximum absolute atomic E-state index is 12.7. The number of carbonyl (C=O) groups is 1. The minimum atomic E-state index is -1.70. The lowest BCUT2D eigenvalue weighted by Crippen LogP contribution is -2.71. The Bertz CT molecular complexity index is 1510. The monoisotopic (exact) mass is 782 g/mol. The number of cyclic esters (lactones) is 1. The van der Waals surface area contributed by atoms with E-state index in [1.54, 1.807) is 0 Å². The number of hydrogen-bond acceptors (Lipinski definition) is 15. The molecule has 3 saturated heterocycles. The van der Waals surface area contributed by atoms with Gasteiger partial charge in [-0.3, -0.25) is 0 Å². The van der Waals surface area contributed by atoms with Crippen LogP contribution in [0.25, 0.3) is 0 Å². The van der Waals surface area contributed by atoms with Gasteiger partial charge in [-0.25, -0.2) is 4.79 Å². The first kappa shape index (κ1) is 40.5. The van der Waals surface area contributed by atoms with Gasteiger partial charge in [0.2, 0.25) is 0 Å². The van der Waals surface area contributed by atoms with Gasteiger partial charge < -0.3 is 69.3 Å². The fourth-order valence-corrected chi connectivity index (χ4v) is 12.8. The summed E-state index contributed by atoms with van der Waals surface area (Å²) in [5.41, 5.74) is -0.570. The molecular formula is C40H62O15. The SMILES string of the molecule is CC1=C(C)C(=O)OC(C(C)C2CCC3C4C5OC5C5(O)CC(OC6OC(CO)C(OC7OC(C)C(O)C(O)C7O)C(O)C6O)CC(O)C5(C)C4CCC23C)C1. The number of rotatable bonds is 7. The van der Waals surface area contributed by atoms with Gasteiger partial charge in [-0.2, -0.15) is 0 Å². The van der Waals surface area contributed by atoms with Crippen molar-refractivity contribution in [1.82, 2.24) is 0 Å². The maximum atomic E-state index is 12.7. The van der Waals surface area contributed by atoms with Crippen LogP contribution < -0.4 is 0 Å². The summed E-state index contributed by atoms with van der Waals surface area (Å²) >= 11 is 0. The van der Waals surface area contributed by atoms with Crippen LogP contribution in [0.15, 0.2) is 11.1 Å². The fourth-order valence-electron chi connectivity index (χ4n) is 12.8. The van der Waals surface area contributed by atoms with Gasteiger partial charge in [0.15, 0.2) is 12.6 Å². The number of esters is 1. The zero-order chi connectivity index (χ0) is 39.7. The quantitative estimate of drug-likeness (QED) is 0.0968. The fraction of sp³-hybridized carbons (Fsp3) is 0.925. The molecule has 8 N–H and O–H groups in total. The van der Waals surface area contributed by atoms with Crippen LogP contribution in [0.2, 0.25) is 0 Å². The predicted octanol–water partition coefficient (Wildman–Crippen LogP) is 0.0431. The molecular weight excluding hydrogens is 720 g/mol. The third-order valence-electron chi connectivity index (χ3n) is 16.4. The molecule has 0 aromatic carbocycles. The Hall–Kier alpha value is -1.31. The molecule has 23 atom stereocenters. The van der Waals surface area contributed by atoms with Crippen molar-refractivity contribution in [3.05, 3.63) is 11.1 Å². The highest BCUT2D eigenvalue weighted by Gasteiger charge is 2.78. The van der Waals surface area contributed by atoms with E-state index >= 15 is 0 Å². The predicted molar refractivity (Wildman–Crippen MR) is 189 cm³/mol. The molecule has 0 radical (unpaired) electrons. The van der Waals surface area contributed by atoms with Crippen molar-refractivity contribution in [3.63, 3.8) is 0 Å². The number of ether oxygens (including phenoxy) is 6. The molecule has 8 rings (SSSR count). The van der Waals surface area contributed by atoms with Gasteiger partial charge in [0.05, 0.1) is 31.0 Å². The summed E-state index contributed by atoms with van der Waals surface area (Å²) in [4.78, 5) is 12.6. The Morgan fingerprint density at radius 1 is 0.873 bits per heavy atom. The number of fused-ring (bicyclic) bond motifs is 8. The van der Waals surface area contributed by atoms with Gasteiger partial charge in [0.1, 0.15) is 60.5 Å². The third kappa shape index (κ3) is 6.04. The lowest BCUT2D eigenvalue weighted by atomic mass is 9.42. The number of hydrogen-bond donors (Lipinski definition) is 8. The highest BCUT2D eigenvalue weighted by molar-refractivity contribution is 5.89. The minimum absolute atomic E-state index is 0.00863. The Kier molecular flexibility index (Phi) is 10.4. The summed E-state index contributed by atoms with van der Waals surface area (Å²) in [5, 5.41) is 88.0. The molecule has 4 heterocycles. The molecule has 0 aromatic rings. The Morgan fingerprint density at radius 2 is 1.56 bits per heavy atom. The summed E-state index contributed by atoms with van der Waals surface area (Å²) < 4.78 is 35.8. The van der Waals surface area contributed by atoms with E-state index in [1.807, 2.05) is 20.8 Å². The number of aliphatic hydroxyl groups is 8. The number of aliphatic hydroxyl groups excluding tert-OH is 7. The first-order valence-corrected chi connectivity index (χ1v) is 20.4. The van der Waals surface area contributed by atoms with Gasteiger partial charge in [-0.05, 0) is 81.5 Å². The van der Waals surface area contributed by atoms with E-state index in [0.717, 1.165) is 37.7 Å². The molecule has 0 bridgehead atoms. The number of carbonyl (C=O) groups excluding carboxylic acids is 1. The molecule has 4 aliphatic heterocycles. The molecule has 0 spiro atoms. The van der Waals surface area contributed by atoms with Gasteiger partial charge in [-0.15, -0.1) is 0 Å². The van der Waals surface area contributed by atoms with Gasteiger partial charge in [0, 0.05) is 30.3 Å². The Labute approximate surface area is 321 Å². The van der Waals surface area contributed by atoms with Crippen LogP contribution in [0.3, 0.4) is 0 Å². The maximum Gasteiger partial charge on any atom is 0.333 e. The van der Waals surface area contributed by atoms with Crippen LogP contribution in [0.4, 0.5) is 0 Å². The molecule has 7 fully saturated rings.